The van der Waals surface area contributed by atoms with Crippen LogP contribution in [0.2, 0.25) is 5.02 Å². The van der Waals surface area contributed by atoms with Gasteiger partial charge in [-0.2, -0.15) is 0 Å². The van der Waals surface area contributed by atoms with Gasteiger partial charge in [0.2, 0.25) is 0 Å². The molecule has 0 aliphatic heterocycles. The van der Waals surface area contributed by atoms with Gasteiger partial charge in [-0.1, -0.05) is 35.9 Å². The van der Waals surface area contributed by atoms with E-state index in [1.54, 1.807) is 0 Å². The number of thiophene rings is 1. The number of nitrogens with zero attached hydrogens (tertiary/aromatic N) is 2. The van der Waals surface area contributed by atoms with Gasteiger partial charge in [0.05, 0.1) is 11.6 Å². The molecular weight excluding hydrogens is 599 g/mol. The SMILES string of the molecule is CCOc1ccc(-c2ccc(NC)nc2)cc1CN(C(=O)c1sc2ccccc2c1Cl)C1CCC(NC)CC1.Cl.Cl. The van der Waals surface area contributed by atoms with E-state index in [1.165, 1.54) is 11.3 Å². The number of hydrogen-bond donors (Lipinski definition) is 2. The average molecular weight is 636 g/mol. The fourth-order valence-corrected chi connectivity index (χ4v) is 6.87. The Labute approximate surface area is 263 Å². The predicted octanol–water partition coefficient (Wildman–Crippen LogP) is 8.07. The highest BCUT2D eigenvalue weighted by atomic mass is 35.5. The van der Waals surface area contributed by atoms with Crippen molar-refractivity contribution in [1.82, 2.24) is 15.2 Å². The van der Waals surface area contributed by atoms with Crippen LogP contribution in [0, 0.1) is 0 Å². The second-order valence-corrected chi connectivity index (χ2v) is 11.3. The van der Waals surface area contributed by atoms with E-state index in [9.17, 15) is 4.79 Å². The lowest BCUT2D eigenvalue weighted by molar-refractivity contribution is 0.0604. The molecule has 41 heavy (non-hydrogen) atoms. The molecule has 0 saturated heterocycles. The van der Waals surface area contributed by atoms with Crippen molar-refractivity contribution in [2.75, 3.05) is 26.0 Å². The lowest BCUT2D eigenvalue weighted by Gasteiger charge is -2.37. The van der Waals surface area contributed by atoms with Gasteiger partial charge in [-0.3, -0.25) is 4.79 Å². The molecule has 5 rings (SSSR count). The Morgan fingerprint density at radius 2 is 1.78 bits per heavy atom. The highest BCUT2D eigenvalue weighted by Gasteiger charge is 2.32. The van der Waals surface area contributed by atoms with Crippen molar-refractivity contribution < 1.29 is 9.53 Å². The fraction of sp³-hybridized carbons (Fsp3) is 0.355. The highest BCUT2D eigenvalue weighted by Crippen LogP contribution is 2.38. The summed E-state index contributed by atoms with van der Waals surface area (Å²) >= 11 is 8.29. The van der Waals surface area contributed by atoms with Gasteiger partial charge in [0, 0.05) is 53.1 Å². The number of anilines is 1. The molecule has 0 spiro atoms. The average Bonchev–Trinajstić information content (AvgIpc) is 3.33. The van der Waals surface area contributed by atoms with Crippen molar-refractivity contribution in [2.45, 2.75) is 51.2 Å². The number of rotatable bonds is 9. The number of benzene rings is 2. The molecule has 10 heteroatoms. The summed E-state index contributed by atoms with van der Waals surface area (Å²) in [5, 5.41) is 7.95. The van der Waals surface area contributed by atoms with Crippen molar-refractivity contribution in [3.05, 3.63) is 76.3 Å². The third kappa shape index (κ3) is 7.27. The maximum Gasteiger partial charge on any atom is 0.266 e. The van der Waals surface area contributed by atoms with Gasteiger partial charge in [-0.25, -0.2) is 4.98 Å². The summed E-state index contributed by atoms with van der Waals surface area (Å²) in [5.74, 6) is 1.60. The van der Waals surface area contributed by atoms with E-state index < -0.39 is 0 Å². The zero-order valence-corrected chi connectivity index (χ0v) is 26.7. The Bertz CT molecular complexity index is 1440. The van der Waals surface area contributed by atoms with Crippen molar-refractivity contribution >= 4 is 69.6 Å². The molecule has 1 saturated carbocycles. The summed E-state index contributed by atoms with van der Waals surface area (Å²) in [6.07, 6.45) is 5.82. The smallest absolute Gasteiger partial charge is 0.266 e. The third-order valence-electron chi connectivity index (χ3n) is 7.59. The minimum absolute atomic E-state index is 0. The standard InChI is InChI=1S/C31H35ClN4O2S.2ClH/c1-4-38-26-15-9-20(21-10-16-28(34-3)35-18-21)17-22(26)19-36(24-13-11-23(33-2)12-14-24)31(37)30-29(32)25-7-5-6-8-27(25)39-30;;/h5-10,15-18,23-24,33H,4,11-14,19H2,1-3H3,(H,34,35);2*1H. The van der Waals surface area contributed by atoms with Gasteiger partial charge < -0.3 is 20.3 Å². The zero-order chi connectivity index (χ0) is 27.4. The molecule has 4 aromatic rings. The van der Waals surface area contributed by atoms with Crippen LogP contribution in [-0.4, -0.2) is 48.6 Å². The molecule has 2 heterocycles. The van der Waals surface area contributed by atoms with Gasteiger partial charge >= 0.3 is 0 Å². The molecule has 0 atom stereocenters. The van der Waals surface area contributed by atoms with E-state index >= 15 is 0 Å². The van der Waals surface area contributed by atoms with Gasteiger partial charge in [0.25, 0.3) is 5.91 Å². The van der Waals surface area contributed by atoms with Crippen molar-refractivity contribution in [3.63, 3.8) is 0 Å². The Morgan fingerprint density at radius 3 is 2.41 bits per heavy atom. The molecule has 220 valence electrons. The minimum atomic E-state index is -0.0120. The summed E-state index contributed by atoms with van der Waals surface area (Å²) in [4.78, 5) is 21.4. The van der Waals surface area contributed by atoms with Gasteiger partial charge in [0.1, 0.15) is 16.4 Å². The number of pyridine rings is 1. The van der Waals surface area contributed by atoms with Crippen LogP contribution in [0.25, 0.3) is 21.2 Å². The maximum atomic E-state index is 14.3. The topological polar surface area (TPSA) is 66.5 Å². The number of carbonyl (C=O) groups is 1. The monoisotopic (exact) mass is 634 g/mol. The number of fused-ring (bicyclic) bond motifs is 1. The fourth-order valence-electron chi connectivity index (χ4n) is 5.40. The summed E-state index contributed by atoms with van der Waals surface area (Å²) in [7, 11) is 3.87. The van der Waals surface area contributed by atoms with E-state index in [-0.39, 0.29) is 36.8 Å². The number of amides is 1. The Hall–Kier alpha value is -2.55. The van der Waals surface area contributed by atoms with Crippen LogP contribution in [0.4, 0.5) is 5.82 Å². The molecule has 0 bridgehead atoms. The Morgan fingerprint density at radius 1 is 1.05 bits per heavy atom. The molecule has 0 radical (unpaired) electrons. The van der Waals surface area contributed by atoms with Crippen LogP contribution in [0.15, 0.2) is 60.8 Å². The summed E-state index contributed by atoms with van der Waals surface area (Å²) in [5.41, 5.74) is 3.03. The normalized spacial score (nSPS) is 16.4. The Kier molecular flexibility index (Phi) is 12.1. The van der Waals surface area contributed by atoms with E-state index in [0.717, 1.165) is 64.0 Å². The van der Waals surface area contributed by atoms with E-state index in [2.05, 4.69) is 33.8 Å². The van der Waals surface area contributed by atoms with Crippen LogP contribution < -0.4 is 15.4 Å². The van der Waals surface area contributed by atoms with Crippen molar-refractivity contribution in [3.8, 4) is 16.9 Å². The maximum absolute atomic E-state index is 14.3. The van der Waals surface area contributed by atoms with E-state index in [1.807, 2.05) is 68.5 Å². The lowest BCUT2D eigenvalue weighted by atomic mass is 9.89. The van der Waals surface area contributed by atoms with E-state index in [0.29, 0.717) is 29.1 Å². The second kappa shape index (κ2) is 15.1. The lowest BCUT2D eigenvalue weighted by Crippen LogP contribution is -2.44. The van der Waals surface area contributed by atoms with Gasteiger partial charge in [-0.05, 0) is 75.5 Å². The number of aromatic nitrogens is 1. The molecule has 2 aromatic heterocycles. The highest BCUT2D eigenvalue weighted by molar-refractivity contribution is 7.21. The van der Waals surface area contributed by atoms with Crippen LogP contribution in [0.1, 0.15) is 47.8 Å². The van der Waals surface area contributed by atoms with Gasteiger partial charge in [0.15, 0.2) is 0 Å². The molecule has 1 aliphatic rings. The molecule has 1 aliphatic carbocycles. The Balaban J connectivity index is 0.00000231. The number of halogens is 3. The largest absolute Gasteiger partial charge is 0.494 e. The first-order valence-electron chi connectivity index (χ1n) is 13.6. The first-order valence-corrected chi connectivity index (χ1v) is 14.8. The summed E-state index contributed by atoms with van der Waals surface area (Å²) in [6, 6.07) is 18.8. The molecule has 1 amide bonds. The molecule has 6 nitrogen and oxygen atoms in total. The molecule has 2 N–H and O–H groups in total. The van der Waals surface area contributed by atoms with Crippen LogP contribution >= 0.6 is 47.8 Å². The number of ether oxygens (including phenoxy) is 1. The minimum Gasteiger partial charge on any atom is -0.494 e. The zero-order valence-electron chi connectivity index (χ0n) is 23.5. The first-order chi connectivity index (χ1) is 19.0. The van der Waals surface area contributed by atoms with Crippen LogP contribution in [-0.2, 0) is 6.54 Å². The van der Waals surface area contributed by atoms with E-state index in [4.69, 9.17) is 16.3 Å². The van der Waals surface area contributed by atoms with Gasteiger partial charge in [-0.15, -0.1) is 36.2 Å². The second-order valence-electron chi connectivity index (χ2n) is 9.91. The molecule has 2 aromatic carbocycles. The molecule has 0 unspecified atom stereocenters. The number of carbonyl (C=O) groups excluding carboxylic acids is 1. The van der Waals surface area contributed by atoms with Crippen LogP contribution in [0.3, 0.4) is 0 Å². The number of nitrogens with one attached hydrogen (secondary N) is 2. The van der Waals surface area contributed by atoms with Crippen LogP contribution in [0.5, 0.6) is 5.75 Å². The third-order valence-corrected chi connectivity index (χ3v) is 9.25. The summed E-state index contributed by atoms with van der Waals surface area (Å²) < 4.78 is 7.07. The first kappa shape index (κ1) is 33.0. The quantitative estimate of drug-likeness (QED) is 0.195. The van der Waals surface area contributed by atoms with Crippen molar-refractivity contribution in [2.24, 2.45) is 0 Å². The summed E-state index contributed by atoms with van der Waals surface area (Å²) in [6.45, 7) is 2.98. The number of hydrogen-bond acceptors (Lipinski definition) is 6. The predicted molar refractivity (Wildman–Crippen MR) is 177 cm³/mol. The molecular formula is C31H37Cl3N4O2S. The van der Waals surface area contributed by atoms with Crippen molar-refractivity contribution in [1.29, 1.82) is 0 Å². The molecule has 1 fully saturated rings.